The second-order valence-electron chi connectivity index (χ2n) is 5.48. The van der Waals surface area contributed by atoms with E-state index in [4.69, 9.17) is 10.2 Å². The number of anilines is 2. The number of hydrogen-bond donors (Lipinski definition) is 2. The standard InChI is InChI=1S/C14H16N4O2/c15-8-3-4-10-12(6-8)20-14(17-10)18-5-1-2-9-11(18)7-16-13(9)19/h3-4,6,9,11H,1-2,5,7,15H2,(H,16,19). The SMILES string of the molecule is Nc1ccc2nc(N3CCCC4C(=O)NCC43)oc2c1. The van der Waals surface area contributed by atoms with Crippen molar-refractivity contribution in [1.82, 2.24) is 10.3 Å². The quantitative estimate of drug-likeness (QED) is 0.760. The minimum Gasteiger partial charge on any atom is -0.423 e. The zero-order valence-electron chi connectivity index (χ0n) is 11.0. The predicted molar refractivity (Wildman–Crippen MR) is 75.3 cm³/mol. The van der Waals surface area contributed by atoms with Crippen LogP contribution in [-0.4, -0.2) is 30.0 Å². The maximum Gasteiger partial charge on any atom is 0.298 e. The summed E-state index contributed by atoms with van der Waals surface area (Å²) in [4.78, 5) is 18.4. The third-order valence-corrected chi connectivity index (χ3v) is 4.25. The Labute approximate surface area is 115 Å². The number of hydrogen-bond acceptors (Lipinski definition) is 5. The molecule has 0 spiro atoms. The number of rotatable bonds is 1. The van der Waals surface area contributed by atoms with Crippen LogP contribution in [-0.2, 0) is 4.79 Å². The van der Waals surface area contributed by atoms with E-state index < -0.39 is 0 Å². The zero-order valence-corrected chi connectivity index (χ0v) is 11.0. The highest BCUT2D eigenvalue weighted by atomic mass is 16.4. The van der Waals surface area contributed by atoms with Crippen LogP contribution in [0.4, 0.5) is 11.7 Å². The van der Waals surface area contributed by atoms with Crippen molar-refractivity contribution in [2.45, 2.75) is 18.9 Å². The number of oxazole rings is 1. The summed E-state index contributed by atoms with van der Waals surface area (Å²) in [6, 6.07) is 6.20. The summed E-state index contributed by atoms with van der Waals surface area (Å²) in [5, 5.41) is 2.93. The fourth-order valence-corrected chi connectivity index (χ4v) is 3.24. The van der Waals surface area contributed by atoms with Gasteiger partial charge in [0.2, 0.25) is 5.91 Å². The Balaban J connectivity index is 1.72. The van der Waals surface area contributed by atoms with Crippen LogP contribution >= 0.6 is 0 Å². The van der Waals surface area contributed by atoms with Crippen molar-refractivity contribution in [3.05, 3.63) is 18.2 Å². The monoisotopic (exact) mass is 272 g/mol. The molecule has 6 heteroatoms. The second kappa shape index (κ2) is 4.13. The highest BCUT2D eigenvalue weighted by Gasteiger charge is 2.42. The first-order chi connectivity index (χ1) is 9.72. The van der Waals surface area contributed by atoms with Gasteiger partial charge in [0, 0.05) is 24.8 Å². The molecule has 2 aliphatic heterocycles. The Kier molecular flexibility index (Phi) is 2.39. The number of aromatic nitrogens is 1. The Morgan fingerprint density at radius 2 is 2.35 bits per heavy atom. The van der Waals surface area contributed by atoms with Crippen LogP contribution in [0.2, 0.25) is 0 Å². The lowest BCUT2D eigenvalue weighted by atomic mass is 9.92. The molecule has 1 aromatic carbocycles. The van der Waals surface area contributed by atoms with Gasteiger partial charge >= 0.3 is 0 Å². The zero-order chi connectivity index (χ0) is 13.7. The molecule has 0 radical (unpaired) electrons. The molecule has 0 saturated carbocycles. The number of piperidine rings is 1. The largest absolute Gasteiger partial charge is 0.423 e. The van der Waals surface area contributed by atoms with Crippen LogP contribution in [0.5, 0.6) is 0 Å². The topological polar surface area (TPSA) is 84.4 Å². The molecule has 2 aliphatic rings. The summed E-state index contributed by atoms with van der Waals surface area (Å²) in [7, 11) is 0. The molecule has 2 fully saturated rings. The fraction of sp³-hybridized carbons (Fsp3) is 0.429. The highest BCUT2D eigenvalue weighted by Crippen LogP contribution is 2.33. The molecular weight excluding hydrogens is 256 g/mol. The molecule has 1 aromatic heterocycles. The normalized spacial score (nSPS) is 25.8. The molecule has 104 valence electrons. The summed E-state index contributed by atoms with van der Waals surface area (Å²) in [6.07, 6.45) is 1.93. The van der Waals surface area contributed by atoms with Gasteiger partial charge in [0.1, 0.15) is 5.52 Å². The highest BCUT2D eigenvalue weighted by molar-refractivity contribution is 5.83. The maximum absolute atomic E-state index is 11.8. The number of nitrogens with zero attached hydrogens (tertiary/aromatic N) is 2. The van der Waals surface area contributed by atoms with E-state index in [2.05, 4.69) is 15.2 Å². The first-order valence-corrected chi connectivity index (χ1v) is 6.93. The van der Waals surface area contributed by atoms with E-state index in [1.807, 2.05) is 12.1 Å². The number of nitrogens with one attached hydrogen (secondary N) is 1. The molecule has 0 aliphatic carbocycles. The molecule has 2 unspecified atom stereocenters. The number of benzene rings is 1. The number of carbonyl (C=O) groups is 1. The summed E-state index contributed by atoms with van der Waals surface area (Å²) in [6.45, 7) is 1.54. The molecule has 3 heterocycles. The van der Waals surface area contributed by atoms with Gasteiger partial charge in [-0.05, 0) is 25.0 Å². The van der Waals surface area contributed by atoms with Crippen molar-refractivity contribution in [3.8, 4) is 0 Å². The van der Waals surface area contributed by atoms with E-state index >= 15 is 0 Å². The van der Waals surface area contributed by atoms with Crippen LogP contribution in [0, 0.1) is 5.92 Å². The van der Waals surface area contributed by atoms with Gasteiger partial charge in [0.15, 0.2) is 5.58 Å². The van der Waals surface area contributed by atoms with Crippen molar-refractivity contribution in [2.75, 3.05) is 23.7 Å². The molecule has 20 heavy (non-hydrogen) atoms. The fourth-order valence-electron chi connectivity index (χ4n) is 3.24. The van der Waals surface area contributed by atoms with Crippen molar-refractivity contribution in [3.63, 3.8) is 0 Å². The van der Waals surface area contributed by atoms with Crippen molar-refractivity contribution in [2.24, 2.45) is 5.92 Å². The van der Waals surface area contributed by atoms with Gasteiger partial charge in [-0.25, -0.2) is 0 Å². The minimum absolute atomic E-state index is 0.0591. The number of amides is 1. The lowest BCUT2D eigenvalue weighted by Gasteiger charge is -2.34. The van der Waals surface area contributed by atoms with Crippen molar-refractivity contribution < 1.29 is 9.21 Å². The van der Waals surface area contributed by atoms with E-state index in [0.717, 1.165) is 24.9 Å². The molecule has 2 saturated heterocycles. The maximum atomic E-state index is 11.8. The first-order valence-electron chi connectivity index (χ1n) is 6.93. The van der Waals surface area contributed by atoms with Crippen LogP contribution in [0.1, 0.15) is 12.8 Å². The van der Waals surface area contributed by atoms with Crippen LogP contribution < -0.4 is 16.0 Å². The number of nitrogens with two attached hydrogens (primary N) is 1. The number of nitrogen functional groups attached to an aromatic ring is 1. The van der Waals surface area contributed by atoms with E-state index in [9.17, 15) is 4.79 Å². The lowest BCUT2D eigenvalue weighted by molar-refractivity contribution is -0.123. The van der Waals surface area contributed by atoms with Crippen molar-refractivity contribution in [1.29, 1.82) is 0 Å². The second-order valence-corrected chi connectivity index (χ2v) is 5.48. The number of fused-ring (bicyclic) bond motifs is 2. The van der Waals surface area contributed by atoms with Gasteiger partial charge < -0.3 is 20.4 Å². The molecule has 2 aromatic rings. The van der Waals surface area contributed by atoms with Gasteiger partial charge in [-0.15, -0.1) is 0 Å². The van der Waals surface area contributed by atoms with Gasteiger partial charge in [0.05, 0.1) is 12.0 Å². The molecule has 0 bridgehead atoms. The first kappa shape index (κ1) is 11.6. The Bertz CT molecular complexity index is 681. The van der Waals surface area contributed by atoms with Crippen LogP contribution in [0.3, 0.4) is 0 Å². The van der Waals surface area contributed by atoms with Crippen LogP contribution in [0.25, 0.3) is 11.1 Å². The van der Waals surface area contributed by atoms with Gasteiger partial charge in [-0.3, -0.25) is 4.79 Å². The third-order valence-electron chi connectivity index (χ3n) is 4.25. The summed E-state index contributed by atoms with van der Waals surface area (Å²) in [5.41, 5.74) is 7.91. The van der Waals surface area contributed by atoms with E-state index in [1.54, 1.807) is 6.07 Å². The molecule has 3 N–H and O–H groups in total. The Hall–Kier alpha value is -2.24. The summed E-state index contributed by atoms with van der Waals surface area (Å²) >= 11 is 0. The van der Waals surface area contributed by atoms with E-state index in [1.165, 1.54) is 0 Å². The average Bonchev–Trinajstić information content (AvgIpc) is 3.02. The average molecular weight is 272 g/mol. The smallest absolute Gasteiger partial charge is 0.298 e. The van der Waals surface area contributed by atoms with Crippen LogP contribution in [0.15, 0.2) is 22.6 Å². The Morgan fingerprint density at radius 3 is 3.25 bits per heavy atom. The molecule has 6 nitrogen and oxygen atoms in total. The summed E-state index contributed by atoms with van der Waals surface area (Å²) in [5.74, 6) is 0.212. The molecule has 4 rings (SSSR count). The molecule has 1 amide bonds. The van der Waals surface area contributed by atoms with E-state index in [-0.39, 0.29) is 17.9 Å². The van der Waals surface area contributed by atoms with E-state index in [0.29, 0.717) is 23.8 Å². The van der Waals surface area contributed by atoms with Gasteiger partial charge in [-0.1, -0.05) is 0 Å². The third kappa shape index (κ3) is 1.64. The Morgan fingerprint density at radius 1 is 1.45 bits per heavy atom. The molecular formula is C14H16N4O2. The predicted octanol–water partition coefficient (Wildman–Crippen LogP) is 1.12. The van der Waals surface area contributed by atoms with Gasteiger partial charge in [0.25, 0.3) is 6.01 Å². The van der Waals surface area contributed by atoms with Crippen molar-refractivity contribution >= 4 is 28.7 Å². The van der Waals surface area contributed by atoms with Gasteiger partial charge in [-0.2, -0.15) is 4.98 Å². The minimum atomic E-state index is 0.0591. The summed E-state index contributed by atoms with van der Waals surface area (Å²) < 4.78 is 5.83. The number of carbonyl (C=O) groups excluding carboxylic acids is 1. The lowest BCUT2D eigenvalue weighted by Crippen LogP contribution is -2.45. The molecule has 2 atom stereocenters.